The maximum Gasteiger partial charge on any atom is 0.262 e. The van der Waals surface area contributed by atoms with Gasteiger partial charge in [0, 0.05) is 37.3 Å². The molecule has 0 fully saturated rings. The van der Waals surface area contributed by atoms with Crippen LogP contribution in [0.3, 0.4) is 0 Å². The number of nitrogens with zero attached hydrogens (tertiary/aromatic N) is 1. The molecule has 0 aliphatic rings. The summed E-state index contributed by atoms with van der Waals surface area (Å²) in [5.41, 5.74) is 1.08. The highest BCUT2D eigenvalue weighted by Crippen LogP contribution is 2.25. The van der Waals surface area contributed by atoms with Crippen LogP contribution in [-0.4, -0.2) is 43.8 Å². The number of amides is 2. The number of hydrogen-bond acceptors (Lipinski definition) is 6. The Hall–Kier alpha value is -4.11. The molecule has 0 spiro atoms. The third-order valence-corrected chi connectivity index (χ3v) is 4.61. The number of para-hydroxylation sites is 2. The average molecular weight is 451 g/mol. The van der Waals surface area contributed by atoms with E-state index >= 15 is 0 Å². The molecule has 1 heterocycles. The Balaban J connectivity index is 1.61. The van der Waals surface area contributed by atoms with E-state index in [1.807, 2.05) is 0 Å². The van der Waals surface area contributed by atoms with E-state index in [9.17, 15) is 14.4 Å². The molecule has 3 rings (SSSR count). The summed E-state index contributed by atoms with van der Waals surface area (Å²) in [5.74, 6) is 0.241. The summed E-state index contributed by atoms with van der Waals surface area (Å²) in [6.07, 6.45) is 1.48. The first kappa shape index (κ1) is 23.6. The molecule has 0 aliphatic carbocycles. The Kier molecular flexibility index (Phi) is 8.20. The van der Waals surface area contributed by atoms with Gasteiger partial charge in [-0.2, -0.15) is 0 Å². The number of ether oxygens (including phenoxy) is 3. The van der Waals surface area contributed by atoms with Gasteiger partial charge >= 0.3 is 0 Å². The number of carbonyl (C=O) groups excluding carboxylic acids is 2. The maximum absolute atomic E-state index is 12.6. The summed E-state index contributed by atoms with van der Waals surface area (Å²) in [7, 11) is 3.06. The lowest BCUT2D eigenvalue weighted by atomic mass is 10.2. The zero-order valence-corrected chi connectivity index (χ0v) is 18.4. The van der Waals surface area contributed by atoms with Gasteiger partial charge in [0.25, 0.3) is 17.4 Å². The number of pyridine rings is 1. The zero-order chi connectivity index (χ0) is 23.6. The lowest BCUT2D eigenvalue weighted by molar-refractivity contribution is -0.118. The van der Waals surface area contributed by atoms with Crippen LogP contribution in [0.25, 0.3) is 0 Å². The van der Waals surface area contributed by atoms with Crippen molar-refractivity contribution in [3.05, 3.63) is 82.8 Å². The Labute approximate surface area is 190 Å². The molecule has 0 atom stereocenters. The van der Waals surface area contributed by atoms with E-state index in [0.717, 1.165) is 0 Å². The van der Waals surface area contributed by atoms with Crippen molar-refractivity contribution in [1.82, 2.24) is 4.57 Å². The van der Waals surface area contributed by atoms with Crippen molar-refractivity contribution >= 4 is 23.2 Å². The molecular weight excluding hydrogens is 426 g/mol. The van der Waals surface area contributed by atoms with Gasteiger partial charge in [-0.1, -0.05) is 18.2 Å². The highest BCUT2D eigenvalue weighted by Gasteiger charge is 2.11. The maximum atomic E-state index is 12.6. The second kappa shape index (κ2) is 11.5. The van der Waals surface area contributed by atoms with Gasteiger partial charge in [-0.05, 0) is 36.4 Å². The van der Waals surface area contributed by atoms with E-state index in [4.69, 9.17) is 14.2 Å². The Morgan fingerprint density at radius 2 is 1.64 bits per heavy atom. The molecule has 2 amide bonds. The predicted octanol–water partition coefficient (Wildman–Crippen LogP) is 2.77. The van der Waals surface area contributed by atoms with Crippen molar-refractivity contribution in [3.8, 4) is 11.5 Å². The van der Waals surface area contributed by atoms with Crippen LogP contribution in [0, 0.1) is 0 Å². The van der Waals surface area contributed by atoms with Gasteiger partial charge in [0.05, 0.1) is 19.3 Å². The fourth-order valence-electron chi connectivity index (χ4n) is 2.99. The van der Waals surface area contributed by atoms with E-state index in [-0.39, 0.29) is 24.0 Å². The molecule has 2 aromatic carbocycles. The normalized spacial score (nSPS) is 10.4. The van der Waals surface area contributed by atoms with E-state index < -0.39 is 0 Å². The lowest BCUT2D eigenvalue weighted by Gasteiger charge is -2.12. The molecule has 0 radical (unpaired) electrons. The van der Waals surface area contributed by atoms with Gasteiger partial charge in [-0.3, -0.25) is 14.4 Å². The van der Waals surface area contributed by atoms with E-state index in [0.29, 0.717) is 41.6 Å². The number of rotatable bonds is 10. The minimum absolute atomic E-state index is 0.208. The largest absolute Gasteiger partial charge is 0.493 e. The number of carbonyl (C=O) groups is 2. The fourth-order valence-corrected chi connectivity index (χ4v) is 2.99. The van der Waals surface area contributed by atoms with Crippen LogP contribution >= 0.6 is 0 Å². The smallest absolute Gasteiger partial charge is 0.262 e. The molecule has 2 N–H and O–H groups in total. The van der Waals surface area contributed by atoms with Gasteiger partial charge in [-0.25, -0.2) is 0 Å². The van der Waals surface area contributed by atoms with E-state index in [1.165, 1.54) is 37.1 Å². The molecule has 0 unspecified atom stereocenters. The van der Waals surface area contributed by atoms with Crippen LogP contribution in [0.5, 0.6) is 11.5 Å². The predicted molar refractivity (Wildman–Crippen MR) is 124 cm³/mol. The van der Waals surface area contributed by atoms with Crippen molar-refractivity contribution in [2.45, 2.75) is 6.54 Å². The average Bonchev–Trinajstić information content (AvgIpc) is 2.82. The van der Waals surface area contributed by atoms with Crippen LogP contribution < -0.4 is 25.7 Å². The van der Waals surface area contributed by atoms with Crippen LogP contribution in [0.2, 0.25) is 0 Å². The number of anilines is 2. The molecule has 0 aliphatic heterocycles. The van der Waals surface area contributed by atoms with Crippen LogP contribution in [0.4, 0.5) is 11.4 Å². The Morgan fingerprint density at radius 1 is 0.909 bits per heavy atom. The molecule has 9 heteroatoms. The third-order valence-electron chi connectivity index (χ3n) is 4.61. The second-order valence-corrected chi connectivity index (χ2v) is 6.96. The number of aromatic nitrogens is 1. The molecule has 9 nitrogen and oxygen atoms in total. The second-order valence-electron chi connectivity index (χ2n) is 6.96. The molecular formula is C24H25N3O6. The summed E-state index contributed by atoms with van der Waals surface area (Å²) >= 11 is 0. The monoisotopic (exact) mass is 451 g/mol. The lowest BCUT2D eigenvalue weighted by Crippen LogP contribution is -2.23. The summed E-state index contributed by atoms with van der Waals surface area (Å²) in [6.45, 7) is 0.488. The van der Waals surface area contributed by atoms with Crippen LogP contribution in [-0.2, 0) is 16.1 Å². The van der Waals surface area contributed by atoms with Crippen molar-refractivity contribution in [1.29, 1.82) is 0 Å². The molecule has 0 saturated heterocycles. The number of nitrogens with one attached hydrogen (secondary N) is 2. The summed E-state index contributed by atoms with van der Waals surface area (Å²) in [5, 5.41) is 5.49. The Bertz CT molecular complexity index is 1170. The summed E-state index contributed by atoms with van der Waals surface area (Å²) < 4.78 is 17.1. The van der Waals surface area contributed by atoms with Gasteiger partial charge in [0.2, 0.25) is 0 Å². The van der Waals surface area contributed by atoms with Gasteiger partial charge in [0.1, 0.15) is 0 Å². The molecule has 3 aromatic rings. The number of methoxy groups -OCH3 is 2. The molecule has 172 valence electrons. The standard InChI is InChI=1S/C24H25N3O6/c1-31-13-12-27-15-17(10-11-23(27)29)24(30)26-19-7-5-6-18(14-19)25-22(28)16-33-21-9-4-3-8-20(21)32-2/h3-11,14-15H,12-13,16H2,1-2H3,(H,25,28)(H,26,30). The van der Waals surface area contributed by atoms with Crippen LogP contribution in [0.15, 0.2) is 71.7 Å². The van der Waals surface area contributed by atoms with Gasteiger partial charge in [-0.15, -0.1) is 0 Å². The quantitative estimate of drug-likeness (QED) is 0.491. The first-order valence-corrected chi connectivity index (χ1v) is 10.2. The minimum atomic E-state index is -0.385. The highest BCUT2D eigenvalue weighted by molar-refractivity contribution is 6.04. The first-order valence-electron chi connectivity index (χ1n) is 10.2. The Morgan fingerprint density at radius 3 is 2.36 bits per heavy atom. The molecule has 0 bridgehead atoms. The van der Waals surface area contributed by atoms with E-state index in [1.54, 1.807) is 48.5 Å². The van der Waals surface area contributed by atoms with E-state index in [2.05, 4.69) is 10.6 Å². The van der Waals surface area contributed by atoms with Gasteiger partial charge < -0.3 is 29.4 Å². The SMILES string of the molecule is COCCn1cc(C(=O)Nc2cccc(NC(=O)COc3ccccc3OC)c2)ccc1=O. The van der Waals surface area contributed by atoms with Crippen molar-refractivity contribution < 1.29 is 23.8 Å². The van der Waals surface area contributed by atoms with Crippen molar-refractivity contribution in [2.75, 3.05) is 38.1 Å². The minimum Gasteiger partial charge on any atom is -0.493 e. The van der Waals surface area contributed by atoms with Gasteiger partial charge in [0.15, 0.2) is 18.1 Å². The fraction of sp³-hybridized carbons (Fsp3) is 0.208. The van der Waals surface area contributed by atoms with Crippen LogP contribution in [0.1, 0.15) is 10.4 Å². The highest BCUT2D eigenvalue weighted by atomic mass is 16.5. The molecule has 0 saturated carbocycles. The zero-order valence-electron chi connectivity index (χ0n) is 18.4. The molecule has 1 aromatic heterocycles. The first-order chi connectivity index (χ1) is 16.0. The summed E-state index contributed by atoms with van der Waals surface area (Å²) in [4.78, 5) is 36.8. The molecule has 33 heavy (non-hydrogen) atoms. The van der Waals surface area contributed by atoms with Crippen molar-refractivity contribution in [3.63, 3.8) is 0 Å². The number of benzene rings is 2. The summed E-state index contributed by atoms with van der Waals surface area (Å²) in [6, 6.07) is 16.5. The number of hydrogen-bond donors (Lipinski definition) is 2. The van der Waals surface area contributed by atoms with Crippen molar-refractivity contribution in [2.24, 2.45) is 0 Å². The third kappa shape index (κ3) is 6.68. The topological polar surface area (TPSA) is 108 Å².